The summed E-state index contributed by atoms with van der Waals surface area (Å²) >= 11 is 0. The predicted molar refractivity (Wildman–Crippen MR) is 109 cm³/mol. The molecule has 2 atom stereocenters. The average molecular weight is 415 g/mol. The first-order chi connectivity index (χ1) is 14.4. The molecule has 2 aliphatic carbocycles. The van der Waals surface area contributed by atoms with Gasteiger partial charge in [0.2, 0.25) is 5.91 Å². The van der Waals surface area contributed by atoms with Crippen LogP contribution in [0.4, 0.5) is 10.6 Å². The van der Waals surface area contributed by atoms with Gasteiger partial charge in [0.1, 0.15) is 11.9 Å². The lowest BCUT2D eigenvalue weighted by Crippen LogP contribution is -2.36. The first-order valence-electron chi connectivity index (χ1n) is 10.6. The fraction of sp³-hybridized carbons (Fsp3) is 0.619. The summed E-state index contributed by atoms with van der Waals surface area (Å²) in [7, 11) is 0. The Balaban J connectivity index is 1.26. The zero-order valence-electron chi connectivity index (χ0n) is 17.5. The second-order valence-electron chi connectivity index (χ2n) is 8.79. The number of hydrogen-bond acceptors (Lipinski definition) is 6. The van der Waals surface area contributed by atoms with Gasteiger partial charge in [-0.25, -0.2) is 4.79 Å². The Morgan fingerprint density at radius 3 is 2.83 bits per heavy atom. The van der Waals surface area contributed by atoms with Crippen molar-refractivity contribution in [2.75, 3.05) is 5.32 Å². The monoisotopic (exact) mass is 415 g/mol. The van der Waals surface area contributed by atoms with E-state index in [0.29, 0.717) is 17.5 Å². The van der Waals surface area contributed by atoms with Crippen molar-refractivity contribution < 1.29 is 18.8 Å². The van der Waals surface area contributed by atoms with Crippen LogP contribution in [0.1, 0.15) is 74.9 Å². The van der Waals surface area contributed by atoms with Crippen molar-refractivity contribution in [1.29, 1.82) is 0 Å². The van der Waals surface area contributed by atoms with E-state index in [1.807, 2.05) is 19.9 Å². The van der Waals surface area contributed by atoms with Gasteiger partial charge in [0, 0.05) is 29.3 Å². The van der Waals surface area contributed by atoms with Crippen molar-refractivity contribution >= 4 is 17.8 Å². The molecular weight excluding hydrogens is 386 g/mol. The van der Waals surface area contributed by atoms with Gasteiger partial charge < -0.3 is 19.9 Å². The number of rotatable bonds is 6. The molecular formula is C21H29N5O4. The van der Waals surface area contributed by atoms with E-state index in [-0.39, 0.29) is 30.1 Å². The average Bonchev–Trinajstić information content (AvgIpc) is 3.09. The molecule has 2 aliphatic rings. The van der Waals surface area contributed by atoms with E-state index < -0.39 is 0 Å². The summed E-state index contributed by atoms with van der Waals surface area (Å²) in [6.45, 7) is 3.85. The SMILES string of the molecule is Cc1cc(CC(=O)Nc2cc([C@@H]3CCC[C@@H](OC(=O)NC4(C)CC4)CC3)[nH]n2)on1. The second-order valence-corrected chi connectivity index (χ2v) is 8.79. The van der Waals surface area contributed by atoms with Crippen LogP contribution in [0.15, 0.2) is 16.7 Å². The Morgan fingerprint density at radius 1 is 1.27 bits per heavy atom. The van der Waals surface area contributed by atoms with Crippen LogP contribution in [0.25, 0.3) is 0 Å². The number of aromatic amines is 1. The quantitative estimate of drug-likeness (QED) is 0.620. The van der Waals surface area contributed by atoms with Crippen LogP contribution in [-0.2, 0) is 16.0 Å². The maximum atomic E-state index is 12.2. The number of hydrogen-bond donors (Lipinski definition) is 3. The van der Waals surface area contributed by atoms with E-state index in [2.05, 4.69) is 26.0 Å². The Kier molecular flexibility index (Phi) is 5.78. The van der Waals surface area contributed by atoms with Gasteiger partial charge in [0.15, 0.2) is 5.82 Å². The molecule has 0 saturated heterocycles. The minimum atomic E-state index is -0.299. The molecule has 2 aromatic heterocycles. The molecule has 0 bridgehead atoms. The van der Waals surface area contributed by atoms with Crippen LogP contribution < -0.4 is 10.6 Å². The van der Waals surface area contributed by atoms with E-state index in [0.717, 1.165) is 56.3 Å². The van der Waals surface area contributed by atoms with Gasteiger partial charge in [-0.05, 0) is 58.8 Å². The molecule has 0 aliphatic heterocycles. The molecule has 2 amide bonds. The normalized spacial score (nSPS) is 22.7. The Labute approximate surface area is 175 Å². The second kappa shape index (κ2) is 8.49. The van der Waals surface area contributed by atoms with Crippen molar-refractivity contribution in [2.45, 2.75) is 82.8 Å². The van der Waals surface area contributed by atoms with Crippen LogP contribution in [0.3, 0.4) is 0 Å². The molecule has 0 unspecified atom stereocenters. The minimum Gasteiger partial charge on any atom is -0.446 e. The minimum absolute atomic E-state index is 0.0511. The maximum absolute atomic E-state index is 12.2. The molecule has 4 rings (SSSR count). The van der Waals surface area contributed by atoms with Gasteiger partial charge in [-0.2, -0.15) is 5.10 Å². The molecule has 2 fully saturated rings. The largest absolute Gasteiger partial charge is 0.446 e. The number of anilines is 1. The van der Waals surface area contributed by atoms with Crippen molar-refractivity contribution in [1.82, 2.24) is 20.7 Å². The highest BCUT2D eigenvalue weighted by Gasteiger charge is 2.39. The van der Waals surface area contributed by atoms with E-state index >= 15 is 0 Å². The third-order valence-corrected chi connectivity index (χ3v) is 5.91. The van der Waals surface area contributed by atoms with Crippen molar-refractivity contribution in [2.24, 2.45) is 0 Å². The number of nitrogens with zero attached hydrogens (tertiary/aromatic N) is 2. The summed E-state index contributed by atoms with van der Waals surface area (Å²) in [6.07, 6.45) is 6.37. The predicted octanol–water partition coefficient (Wildman–Crippen LogP) is 3.58. The summed E-state index contributed by atoms with van der Waals surface area (Å²) < 4.78 is 10.7. The molecule has 30 heavy (non-hydrogen) atoms. The first-order valence-corrected chi connectivity index (χ1v) is 10.6. The third kappa shape index (κ3) is 5.40. The van der Waals surface area contributed by atoms with Crippen molar-refractivity contribution in [3.8, 4) is 0 Å². The zero-order chi connectivity index (χ0) is 21.1. The van der Waals surface area contributed by atoms with E-state index in [1.54, 1.807) is 6.07 Å². The number of H-pyrrole nitrogens is 1. The highest BCUT2D eigenvalue weighted by molar-refractivity contribution is 5.91. The maximum Gasteiger partial charge on any atom is 0.407 e. The molecule has 2 saturated carbocycles. The van der Waals surface area contributed by atoms with Crippen LogP contribution in [0.2, 0.25) is 0 Å². The van der Waals surface area contributed by atoms with Crippen LogP contribution in [0, 0.1) is 6.92 Å². The number of carbonyl (C=O) groups excluding carboxylic acids is 2. The van der Waals surface area contributed by atoms with Crippen LogP contribution in [-0.4, -0.2) is 39.0 Å². The van der Waals surface area contributed by atoms with Crippen LogP contribution in [0.5, 0.6) is 0 Å². The standard InChI is InChI=1S/C21H29N5O4/c1-13-10-16(30-26-13)11-19(27)22-18-12-17(24-25-18)14-4-3-5-15(7-6-14)29-20(28)23-21(2)8-9-21/h10,12,14-15H,3-9,11H2,1-2H3,(H,23,28)(H2,22,24,25,27)/t14-,15-/m1/s1. The van der Waals surface area contributed by atoms with E-state index in [1.165, 1.54) is 0 Å². The lowest BCUT2D eigenvalue weighted by molar-refractivity contribution is -0.115. The number of alkyl carbamates (subject to hydrolysis) is 1. The summed E-state index contributed by atoms with van der Waals surface area (Å²) in [5.41, 5.74) is 1.68. The summed E-state index contributed by atoms with van der Waals surface area (Å²) in [5.74, 6) is 1.13. The highest BCUT2D eigenvalue weighted by atomic mass is 16.6. The molecule has 0 spiro atoms. The zero-order valence-corrected chi connectivity index (χ0v) is 17.5. The highest BCUT2D eigenvalue weighted by Crippen LogP contribution is 2.35. The van der Waals surface area contributed by atoms with Crippen molar-refractivity contribution in [3.05, 3.63) is 29.3 Å². The molecule has 9 heteroatoms. The Morgan fingerprint density at radius 2 is 2.10 bits per heavy atom. The smallest absolute Gasteiger partial charge is 0.407 e. The molecule has 2 heterocycles. The van der Waals surface area contributed by atoms with E-state index in [4.69, 9.17) is 9.26 Å². The Hall–Kier alpha value is -2.84. The van der Waals surface area contributed by atoms with Crippen LogP contribution >= 0.6 is 0 Å². The fourth-order valence-corrected chi connectivity index (χ4v) is 3.89. The molecule has 162 valence electrons. The topological polar surface area (TPSA) is 122 Å². The number of nitrogens with one attached hydrogen (secondary N) is 3. The van der Waals surface area contributed by atoms with Gasteiger partial charge in [-0.3, -0.25) is 9.89 Å². The fourth-order valence-electron chi connectivity index (χ4n) is 3.89. The van der Waals surface area contributed by atoms with E-state index in [9.17, 15) is 9.59 Å². The van der Waals surface area contributed by atoms with Gasteiger partial charge >= 0.3 is 6.09 Å². The molecule has 9 nitrogen and oxygen atoms in total. The molecule has 2 aromatic rings. The molecule has 0 radical (unpaired) electrons. The van der Waals surface area contributed by atoms with Gasteiger partial charge in [-0.15, -0.1) is 0 Å². The number of amides is 2. The first kappa shape index (κ1) is 20.4. The summed E-state index contributed by atoms with van der Waals surface area (Å²) in [5, 5.41) is 16.8. The van der Waals surface area contributed by atoms with Crippen molar-refractivity contribution in [3.63, 3.8) is 0 Å². The lowest BCUT2D eigenvalue weighted by atomic mass is 9.97. The molecule has 3 N–H and O–H groups in total. The Bertz CT molecular complexity index is 901. The number of aromatic nitrogens is 3. The summed E-state index contributed by atoms with van der Waals surface area (Å²) in [4.78, 5) is 24.2. The number of aryl methyl sites for hydroxylation is 1. The van der Waals surface area contributed by atoms with Gasteiger partial charge in [0.05, 0.1) is 12.1 Å². The number of ether oxygens (including phenoxy) is 1. The summed E-state index contributed by atoms with van der Waals surface area (Å²) in [6, 6.07) is 3.63. The lowest BCUT2D eigenvalue weighted by Gasteiger charge is -2.18. The number of carbonyl (C=O) groups is 2. The third-order valence-electron chi connectivity index (χ3n) is 5.91. The van der Waals surface area contributed by atoms with Gasteiger partial charge in [-0.1, -0.05) is 5.16 Å². The molecule has 0 aromatic carbocycles. The van der Waals surface area contributed by atoms with Gasteiger partial charge in [0.25, 0.3) is 0 Å².